The molecule has 0 saturated heterocycles. The standard InChI is InChI=1S/C14H11F2N3O4/c1-8(23-12-3-2-6-17-13(12)19(21)22)14(20)18-11-7-9(15)4-5-10(11)16/h2-8H,1H3,(H,18,20). The van der Waals surface area contributed by atoms with Crippen molar-refractivity contribution in [3.05, 3.63) is 58.3 Å². The number of anilines is 1. The van der Waals surface area contributed by atoms with Crippen molar-refractivity contribution in [2.24, 2.45) is 0 Å². The number of halogens is 2. The molecule has 7 nitrogen and oxygen atoms in total. The number of nitro groups is 1. The van der Waals surface area contributed by atoms with Gasteiger partial charge in [-0.2, -0.15) is 0 Å². The van der Waals surface area contributed by atoms with Crippen LogP contribution in [0.3, 0.4) is 0 Å². The molecule has 0 aliphatic carbocycles. The highest BCUT2D eigenvalue weighted by Crippen LogP contribution is 2.24. The molecule has 1 N–H and O–H groups in total. The van der Waals surface area contributed by atoms with Crippen molar-refractivity contribution >= 4 is 17.4 Å². The quantitative estimate of drug-likeness (QED) is 0.674. The zero-order chi connectivity index (χ0) is 17.0. The van der Waals surface area contributed by atoms with Gasteiger partial charge >= 0.3 is 5.82 Å². The lowest BCUT2D eigenvalue weighted by Gasteiger charge is -2.14. The predicted molar refractivity (Wildman–Crippen MR) is 76.0 cm³/mol. The van der Waals surface area contributed by atoms with Crippen molar-refractivity contribution in [3.63, 3.8) is 0 Å². The first-order chi connectivity index (χ1) is 10.9. The van der Waals surface area contributed by atoms with Crippen LogP contribution in [0.2, 0.25) is 0 Å². The van der Waals surface area contributed by atoms with Gasteiger partial charge in [0.1, 0.15) is 17.8 Å². The third kappa shape index (κ3) is 3.96. The summed E-state index contributed by atoms with van der Waals surface area (Å²) in [5.41, 5.74) is -0.355. The summed E-state index contributed by atoms with van der Waals surface area (Å²) in [6, 6.07) is 5.26. The number of hydrogen-bond acceptors (Lipinski definition) is 5. The van der Waals surface area contributed by atoms with Gasteiger partial charge in [-0.25, -0.2) is 8.78 Å². The fourth-order valence-corrected chi connectivity index (χ4v) is 1.68. The number of carbonyl (C=O) groups excluding carboxylic acids is 1. The summed E-state index contributed by atoms with van der Waals surface area (Å²) in [5, 5.41) is 13.0. The Morgan fingerprint density at radius 1 is 1.39 bits per heavy atom. The molecule has 1 aromatic carbocycles. The molecule has 0 radical (unpaired) electrons. The fraction of sp³-hybridized carbons (Fsp3) is 0.143. The van der Waals surface area contributed by atoms with Crippen LogP contribution in [-0.2, 0) is 4.79 Å². The molecule has 2 rings (SSSR count). The SMILES string of the molecule is CC(Oc1cccnc1[N+](=O)[O-])C(=O)Nc1cc(F)ccc1F. The second-order valence-corrected chi connectivity index (χ2v) is 4.46. The molecule has 120 valence electrons. The maximum atomic E-state index is 13.5. The molecule has 9 heteroatoms. The molecule has 23 heavy (non-hydrogen) atoms. The number of ether oxygens (including phenoxy) is 1. The van der Waals surface area contributed by atoms with Crippen LogP contribution in [0, 0.1) is 21.7 Å². The molecular formula is C14H11F2N3O4. The van der Waals surface area contributed by atoms with Gasteiger partial charge in [0.25, 0.3) is 5.91 Å². The van der Waals surface area contributed by atoms with E-state index in [2.05, 4.69) is 10.3 Å². The van der Waals surface area contributed by atoms with Crippen LogP contribution in [0.1, 0.15) is 6.92 Å². The smallest absolute Gasteiger partial charge is 0.406 e. The van der Waals surface area contributed by atoms with Crippen LogP contribution in [0.15, 0.2) is 36.5 Å². The number of benzene rings is 1. The van der Waals surface area contributed by atoms with Crippen LogP contribution in [0.25, 0.3) is 0 Å². The first kappa shape index (κ1) is 16.3. The lowest BCUT2D eigenvalue weighted by atomic mass is 10.2. The first-order valence-electron chi connectivity index (χ1n) is 6.40. The molecule has 1 amide bonds. The maximum Gasteiger partial charge on any atom is 0.406 e. The summed E-state index contributed by atoms with van der Waals surface area (Å²) < 4.78 is 31.7. The normalized spacial score (nSPS) is 11.6. The number of rotatable bonds is 5. The van der Waals surface area contributed by atoms with E-state index in [4.69, 9.17) is 4.74 Å². The number of nitrogens with one attached hydrogen (secondary N) is 1. The highest BCUT2D eigenvalue weighted by atomic mass is 19.1. The topological polar surface area (TPSA) is 94.4 Å². The lowest BCUT2D eigenvalue weighted by Crippen LogP contribution is -2.30. The van der Waals surface area contributed by atoms with Crippen molar-refractivity contribution in [3.8, 4) is 5.75 Å². The van der Waals surface area contributed by atoms with E-state index >= 15 is 0 Å². The largest absolute Gasteiger partial charge is 0.473 e. The highest BCUT2D eigenvalue weighted by Gasteiger charge is 2.22. The minimum absolute atomic E-state index is 0.208. The zero-order valence-corrected chi connectivity index (χ0v) is 11.8. The van der Waals surface area contributed by atoms with Gasteiger partial charge in [0, 0.05) is 6.07 Å². The second-order valence-electron chi connectivity index (χ2n) is 4.46. The summed E-state index contributed by atoms with van der Waals surface area (Å²) in [5.74, 6) is -3.10. The van der Waals surface area contributed by atoms with Crippen molar-refractivity contribution in [2.45, 2.75) is 13.0 Å². The van der Waals surface area contributed by atoms with E-state index in [9.17, 15) is 23.7 Å². The number of hydrogen-bond donors (Lipinski definition) is 1. The average Bonchev–Trinajstić information content (AvgIpc) is 2.51. The van der Waals surface area contributed by atoms with E-state index in [1.165, 1.54) is 25.3 Å². The Morgan fingerprint density at radius 2 is 2.13 bits per heavy atom. The molecule has 0 fully saturated rings. The van der Waals surface area contributed by atoms with Crippen LogP contribution in [-0.4, -0.2) is 21.9 Å². The summed E-state index contributed by atoms with van der Waals surface area (Å²) in [4.78, 5) is 25.5. The maximum absolute atomic E-state index is 13.5. The molecule has 1 unspecified atom stereocenters. The van der Waals surface area contributed by atoms with E-state index in [-0.39, 0.29) is 11.4 Å². The molecule has 0 bridgehead atoms. The molecule has 1 heterocycles. The molecule has 0 spiro atoms. The Balaban J connectivity index is 2.12. The van der Waals surface area contributed by atoms with E-state index < -0.39 is 34.4 Å². The lowest BCUT2D eigenvalue weighted by molar-refractivity contribution is -0.390. The number of amides is 1. The Morgan fingerprint density at radius 3 is 2.83 bits per heavy atom. The summed E-state index contributed by atoms with van der Waals surface area (Å²) in [6.07, 6.45) is 0.0123. The third-order valence-electron chi connectivity index (χ3n) is 2.78. The van der Waals surface area contributed by atoms with Gasteiger partial charge in [-0.05, 0) is 41.1 Å². The molecule has 0 aliphatic heterocycles. The number of aromatic nitrogens is 1. The van der Waals surface area contributed by atoms with Crippen LogP contribution < -0.4 is 10.1 Å². The Kier molecular flexibility index (Phi) is 4.79. The molecule has 2 aromatic rings. The van der Waals surface area contributed by atoms with E-state index in [1.807, 2.05) is 0 Å². The van der Waals surface area contributed by atoms with Crippen LogP contribution in [0.5, 0.6) is 5.75 Å². The van der Waals surface area contributed by atoms with Gasteiger partial charge in [0.2, 0.25) is 5.75 Å². The van der Waals surface area contributed by atoms with Gasteiger partial charge in [0.15, 0.2) is 6.10 Å². The van der Waals surface area contributed by atoms with E-state index in [0.717, 1.165) is 18.2 Å². The summed E-state index contributed by atoms with van der Waals surface area (Å²) in [6.45, 7) is 1.31. The average molecular weight is 323 g/mol. The fourth-order valence-electron chi connectivity index (χ4n) is 1.68. The first-order valence-corrected chi connectivity index (χ1v) is 6.40. The van der Waals surface area contributed by atoms with Gasteiger partial charge in [0.05, 0.1) is 5.69 Å². The van der Waals surface area contributed by atoms with Gasteiger partial charge < -0.3 is 20.2 Å². The zero-order valence-electron chi connectivity index (χ0n) is 11.8. The molecule has 1 atom stereocenters. The molecule has 1 aromatic heterocycles. The van der Waals surface area contributed by atoms with Crippen molar-refractivity contribution in [2.75, 3.05) is 5.32 Å². The van der Waals surface area contributed by atoms with Gasteiger partial charge in [-0.1, -0.05) is 0 Å². The summed E-state index contributed by atoms with van der Waals surface area (Å²) in [7, 11) is 0. The minimum atomic E-state index is -1.19. The van der Waals surface area contributed by atoms with Gasteiger partial charge in [-0.15, -0.1) is 0 Å². The summed E-state index contributed by atoms with van der Waals surface area (Å²) >= 11 is 0. The highest BCUT2D eigenvalue weighted by molar-refractivity contribution is 5.94. The van der Waals surface area contributed by atoms with E-state index in [1.54, 1.807) is 0 Å². The second kappa shape index (κ2) is 6.77. The molecular weight excluding hydrogens is 312 g/mol. The number of pyridine rings is 1. The Labute approximate surface area is 129 Å². The number of carbonyl (C=O) groups is 1. The van der Waals surface area contributed by atoms with Crippen molar-refractivity contribution < 1.29 is 23.2 Å². The van der Waals surface area contributed by atoms with Crippen LogP contribution >= 0.6 is 0 Å². The Bertz CT molecular complexity index is 755. The Hall–Kier alpha value is -3.10. The molecule has 0 aliphatic rings. The van der Waals surface area contributed by atoms with Crippen molar-refractivity contribution in [1.29, 1.82) is 0 Å². The van der Waals surface area contributed by atoms with Gasteiger partial charge in [-0.3, -0.25) is 4.79 Å². The van der Waals surface area contributed by atoms with Crippen molar-refractivity contribution in [1.82, 2.24) is 4.98 Å². The van der Waals surface area contributed by atoms with E-state index in [0.29, 0.717) is 0 Å². The number of nitrogens with zero attached hydrogens (tertiary/aromatic N) is 2. The predicted octanol–water partition coefficient (Wildman–Crippen LogP) is 2.67. The van der Waals surface area contributed by atoms with Crippen LogP contribution in [0.4, 0.5) is 20.3 Å². The third-order valence-corrected chi connectivity index (χ3v) is 2.78. The molecule has 0 saturated carbocycles. The monoisotopic (exact) mass is 323 g/mol. The minimum Gasteiger partial charge on any atom is -0.473 e.